The van der Waals surface area contributed by atoms with Gasteiger partial charge in [-0.25, -0.2) is 0 Å². The van der Waals surface area contributed by atoms with Crippen molar-refractivity contribution >= 4 is 0 Å². The molecule has 0 radical (unpaired) electrons. The van der Waals surface area contributed by atoms with E-state index in [9.17, 15) is 5.11 Å². The molecule has 2 heteroatoms. The van der Waals surface area contributed by atoms with Gasteiger partial charge in [0, 0.05) is 0 Å². The van der Waals surface area contributed by atoms with Crippen LogP contribution in [0, 0.1) is 5.92 Å². The van der Waals surface area contributed by atoms with E-state index >= 15 is 0 Å². The number of unbranched alkanes of at least 4 members (excludes halogenated alkanes) is 9. The Balaban J connectivity index is 0. The van der Waals surface area contributed by atoms with Gasteiger partial charge in [-0.3, -0.25) is 0 Å². The fraction of sp³-hybridized carbons (Fsp3) is 1.00. The SMILES string of the molecule is CCCCCCC(C)CCCCCCCCC[O-].[Na+]. The Morgan fingerprint density at radius 1 is 0.684 bits per heavy atom. The molecule has 0 heterocycles. The molecule has 0 amide bonds. The predicted octanol–water partition coefficient (Wildman–Crippen LogP) is 2.08. The van der Waals surface area contributed by atoms with Crippen LogP contribution in [0.15, 0.2) is 0 Å². The van der Waals surface area contributed by atoms with Crippen molar-refractivity contribution in [2.45, 2.75) is 97.3 Å². The zero-order valence-corrected chi connectivity index (χ0v) is 15.9. The van der Waals surface area contributed by atoms with Crippen LogP contribution in [0.4, 0.5) is 0 Å². The molecule has 1 atom stereocenters. The molecule has 1 unspecified atom stereocenters. The number of hydrogen-bond acceptors (Lipinski definition) is 1. The predicted molar refractivity (Wildman–Crippen MR) is 79.7 cm³/mol. The summed E-state index contributed by atoms with van der Waals surface area (Å²) in [5, 5.41) is 10.3. The van der Waals surface area contributed by atoms with Crippen molar-refractivity contribution < 1.29 is 34.7 Å². The van der Waals surface area contributed by atoms with Crippen LogP contribution in [0.1, 0.15) is 97.3 Å². The molecule has 110 valence electrons. The molecule has 0 aromatic carbocycles. The fourth-order valence-corrected chi connectivity index (χ4v) is 2.54. The molecule has 0 saturated carbocycles. The van der Waals surface area contributed by atoms with Crippen LogP contribution < -0.4 is 34.7 Å². The molecule has 0 rings (SSSR count). The first-order valence-corrected chi connectivity index (χ1v) is 8.39. The topological polar surface area (TPSA) is 23.1 Å². The van der Waals surface area contributed by atoms with Gasteiger partial charge in [0.25, 0.3) is 0 Å². The van der Waals surface area contributed by atoms with Gasteiger partial charge < -0.3 is 5.11 Å². The maximum absolute atomic E-state index is 10.3. The third-order valence-corrected chi connectivity index (χ3v) is 3.89. The summed E-state index contributed by atoms with van der Waals surface area (Å²) in [6, 6.07) is 0. The van der Waals surface area contributed by atoms with E-state index in [1.807, 2.05) is 0 Å². The van der Waals surface area contributed by atoms with E-state index in [2.05, 4.69) is 13.8 Å². The van der Waals surface area contributed by atoms with Crippen molar-refractivity contribution in [2.75, 3.05) is 6.61 Å². The van der Waals surface area contributed by atoms with E-state index in [1.165, 1.54) is 70.6 Å². The minimum absolute atomic E-state index is 0. The molecule has 0 aromatic heterocycles. The quantitative estimate of drug-likeness (QED) is 0.352. The minimum atomic E-state index is 0. The van der Waals surface area contributed by atoms with Crippen LogP contribution in [0.25, 0.3) is 0 Å². The van der Waals surface area contributed by atoms with Crippen molar-refractivity contribution in [3.63, 3.8) is 0 Å². The summed E-state index contributed by atoms with van der Waals surface area (Å²) in [6.07, 6.45) is 17.3. The normalized spacial score (nSPS) is 12.2. The third-order valence-electron chi connectivity index (χ3n) is 3.89. The van der Waals surface area contributed by atoms with Gasteiger partial charge >= 0.3 is 29.6 Å². The van der Waals surface area contributed by atoms with E-state index in [-0.39, 0.29) is 36.2 Å². The van der Waals surface area contributed by atoms with Crippen LogP contribution in [0.5, 0.6) is 0 Å². The molecule has 0 spiro atoms. The monoisotopic (exact) mass is 278 g/mol. The zero-order valence-electron chi connectivity index (χ0n) is 13.9. The van der Waals surface area contributed by atoms with Crippen molar-refractivity contribution in [3.8, 4) is 0 Å². The Bertz CT molecular complexity index is 150. The number of rotatable bonds is 14. The second-order valence-electron chi connectivity index (χ2n) is 5.92. The molecule has 0 aliphatic heterocycles. The maximum Gasteiger partial charge on any atom is 1.00 e. The molecular weight excluding hydrogens is 243 g/mol. The first-order valence-electron chi connectivity index (χ1n) is 8.39. The second kappa shape index (κ2) is 19.0. The first-order chi connectivity index (χ1) is 8.81. The van der Waals surface area contributed by atoms with Gasteiger partial charge in [0.05, 0.1) is 0 Å². The largest absolute Gasteiger partial charge is 1.00 e. The maximum atomic E-state index is 10.3. The van der Waals surface area contributed by atoms with Gasteiger partial charge in [0.15, 0.2) is 0 Å². The fourth-order valence-electron chi connectivity index (χ4n) is 2.54. The van der Waals surface area contributed by atoms with Crippen LogP contribution in [-0.4, -0.2) is 6.61 Å². The van der Waals surface area contributed by atoms with Crippen LogP contribution in [-0.2, 0) is 0 Å². The average molecular weight is 278 g/mol. The summed E-state index contributed by atoms with van der Waals surface area (Å²) in [7, 11) is 0. The summed E-state index contributed by atoms with van der Waals surface area (Å²) in [5.74, 6) is 0.933. The Hall–Kier alpha value is 0.960. The van der Waals surface area contributed by atoms with Gasteiger partial charge in [0.2, 0.25) is 0 Å². The Kier molecular flexibility index (Phi) is 22.2. The molecule has 0 N–H and O–H groups in total. The van der Waals surface area contributed by atoms with Crippen LogP contribution in [0.3, 0.4) is 0 Å². The van der Waals surface area contributed by atoms with E-state index < -0.39 is 0 Å². The van der Waals surface area contributed by atoms with Crippen molar-refractivity contribution in [1.29, 1.82) is 0 Å². The van der Waals surface area contributed by atoms with Crippen molar-refractivity contribution in [1.82, 2.24) is 0 Å². The van der Waals surface area contributed by atoms with Crippen molar-refractivity contribution in [2.24, 2.45) is 5.92 Å². The van der Waals surface area contributed by atoms with Gasteiger partial charge in [-0.05, 0) is 5.92 Å². The molecule has 0 bridgehead atoms. The average Bonchev–Trinajstić information content (AvgIpc) is 2.38. The molecule has 0 aliphatic carbocycles. The Labute approximate surface area is 144 Å². The minimum Gasteiger partial charge on any atom is -0.854 e. The smallest absolute Gasteiger partial charge is 0.854 e. The molecule has 19 heavy (non-hydrogen) atoms. The second-order valence-corrected chi connectivity index (χ2v) is 5.92. The van der Waals surface area contributed by atoms with Crippen LogP contribution >= 0.6 is 0 Å². The first kappa shape index (κ1) is 22.2. The van der Waals surface area contributed by atoms with Crippen molar-refractivity contribution in [3.05, 3.63) is 0 Å². The van der Waals surface area contributed by atoms with Crippen LogP contribution in [0.2, 0.25) is 0 Å². The summed E-state index contributed by atoms with van der Waals surface area (Å²) in [4.78, 5) is 0. The standard InChI is InChI=1S/C17H35O.Na/c1-3-4-5-11-14-17(2)15-12-9-7-6-8-10-13-16-18;/h17H,3-16H2,1-2H3;/q-1;+1. The summed E-state index contributed by atoms with van der Waals surface area (Å²) in [5.41, 5.74) is 0. The zero-order chi connectivity index (χ0) is 13.5. The molecule has 0 fully saturated rings. The summed E-state index contributed by atoms with van der Waals surface area (Å²) in [6.45, 7) is 4.82. The molecule has 0 aliphatic rings. The molecule has 1 nitrogen and oxygen atoms in total. The van der Waals surface area contributed by atoms with Gasteiger partial charge in [0.1, 0.15) is 0 Å². The van der Waals surface area contributed by atoms with Gasteiger partial charge in [-0.2, -0.15) is 0 Å². The molecular formula is C17H35NaO. The van der Waals surface area contributed by atoms with E-state index in [4.69, 9.17) is 0 Å². The van der Waals surface area contributed by atoms with Gasteiger partial charge in [-0.15, -0.1) is 6.61 Å². The van der Waals surface area contributed by atoms with E-state index in [0.29, 0.717) is 0 Å². The Morgan fingerprint density at radius 2 is 1.11 bits per heavy atom. The third kappa shape index (κ3) is 19.0. The summed E-state index contributed by atoms with van der Waals surface area (Å²) < 4.78 is 0. The summed E-state index contributed by atoms with van der Waals surface area (Å²) >= 11 is 0. The van der Waals surface area contributed by atoms with E-state index in [0.717, 1.165) is 18.8 Å². The van der Waals surface area contributed by atoms with Gasteiger partial charge in [-0.1, -0.05) is 97.3 Å². The van der Waals surface area contributed by atoms with E-state index in [1.54, 1.807) is 0 Å². The molecule has 0 aromatic rings. The Morgan fingerprint density at radius 3 is 1.58 bits per heavy atom. The number of hydrogen-bond donors (Lipinski definition) is 0. The molecule has 0 saturated heterocycles.